The summed E-state index contributed by atoms with van der Waals surface area (Å²) < 4.78 is 0. The number of hydrogen-bond donors (Lipinski definition) is 1. The van der Waals surface area contributed by atoms with Gasteiger partial charge in [-0.05, 0) is 52.0 Å². The Bertz CT molecular complexity index is 455. The maximum absolute atomic E-state index is 11.0. The van der Waals surface area contributed by atoms with Crippen molar-refractivity contribution in [3.63, 3.8) is 0 Å². The lowest BCUT2D eigenvalue weighted by molar-refractivity contribution is 0.0696. The third kappa shape index (κ3) is 4.23. The Morgan fingerprint density at radius 1 is 1.06 bits per heavy atom. The number of rotatable bonds is 3. The summed E-state index contributed by atoms with van der Waals surface area (Å²) in [4.78, 5) is 15.4. The molecule has 0 fully saturated rings. The predicted molar refractivity (Wildman–Crippen MR) is 69.8 cm³/mol. The molecule has 0 spiro atoms. The van der Waals surface area contributed by atoms with Crippen molar-refractivity contribution in [1.82, 2.24) is 4.98 Å². The summed E-state index contributed by atoms with van der Waals surface area (Å²) in [5.41, 5.74) is 3.79. The normalized spacial score (nSPS) is 9.65. The highest BCUT2D eigenvalue weighted by atomic mass is 16.4. The summed E-state index contributed by atoms with van der Waals surface area (Å²) in [7, 11) is 0. The van der Waals surface area contributed by atoms with Gasteiger partial charge in [-0.1, -0.05) is 11.1 Å². The SMILES string of the molecule is CC(C)=Cc1cc(C(=O)O)cc(C=C(C)C)n1. The molecule has 90 valence electrons. The molecule has 1 heterocycles. The van der Waals surface area contributed by atoms with Crippen LogP contribution in [0.4, 0.5) is 0 Å². The molecule has 0 unspecified atom stereocenters. The Labute approximate surface area is 102 Å². The highest BCUT2D eigenvalue weighted by Gasteiger charge is 2.06. The molecular weight excluding hydrogens is 214 g/mol. The minimum atomic E-state index is -0.931. The van der Waals surface area contributed by atoms with E-state index in [4.69, 9.17) is 5.11 Å². The number of carboxylic acid groups (broad SMARTS) is 1. The van der Waals surface area contributed by atoms with Crippen molar-refractivity contribution in [3.8, 4) is 0 Å². The zero-order valence-corrected chi connectivity index (χ0v) is 10.6. The van der Waals surface area contributed by atoms with Crippen LogP contribution in [0, 0.1) is 0 Å². The highest BCUT2D eigenvalue weighted by molar-refractivity contribution is 5.88. The van der Waals surface area contributed by atoms with Gasteiger partial charge in [-0.2, -0.15) is 0 Å². The van der Waals surface area contributed by atoms with E-state index in [0.29, 0.717) is 11.4 Å². The van der Waals surface area contributed by atoms with Crippen LogP contribution in [-0.2, 0) is 0 Å². The summed E-state index contributed by atoms with van der Waals surface area (Å²) >= 11 is 0. The number of hydrogen-bond acceptors (Lipinski definition) is 2. The van der Waals surface area contributed by atoms with Crippen LogP contribution in [0.2, 0.25) is 0 Å². The van der Waals surface area contributed by atoms with Gasteiger partial charge in [-0.3, -0.25) is 0 Å². The van der Waals surface area contributed by atoms with Crippen molar-refractivity contribution in [3.05, 3.63) is 40.2 Å². The molecule has 17 heavy (non-hydrogen) atoms. The zero-order chi connectivity index (χ0) is 13.0. The van der Waals surface area contributed by atoms with Gasteiger partial charge in [0.1, 0.15) is 0 Å². The smallest absolute Gasteiger partial charge is 0.335 e. The van der Waals surface area contributed by atoms with Gasteiger partial charge in [-0.15, -0.1) is 0 Å². The molecule has 3 heteroatoms. The quantitative estimate of drug-likeness (QED) is 0.864. The van der Waals surface area contributed by atoms with Gasteiger partial charge in [0, 0.05) is 0 Å². The largest absolute Gasteiger partial charge is 0.478 e. The molecule has 0 amide bonds. The summed E-state index contributed by atoms with van der Waals surface area (Å²) in [6.07, 6.45) is 3.74. The average molecular weight is 231 g/mol. The van der Waals surface area contributed by atoms with Crippen molar-refractivity contribution >= 4 is 18.1 Å². The van der Waals surface area contributed by atoms with Crippen LogP contribution >= 0.6 is 0 Å². The van der Waals surface area contributed by atoms with Crippen LogP contribution < -0.4 is 0 Å². The number of allylic oxidation sites excluding steroid dienone is 2. The van der Waals surface area contributed by atoms with Gasteiger partial charge in [0.25, 0.3) is 0 Å². The molecule has 1 aromatic heterocycles. The van der Waals surface area contributed by atoms with Crippen LogP contribution in [0.3, 0.4) is 0 Å². The average Bonchev–Trinajstić information content (AvgIpc) is 2.14. The van der Waals surface area contributed by atoms with Gasteiger partial charge < -0.3 is 5.11 Å². The van der Waals surface area contributed by atoms with E-state index < -0.39 is 5.97 Å². The van der Waals surface area contributed by atoms with E-state index >= 15 is 0 Å². The van der Waals surface area contributed by atoms with E-state index in [2.05, 4.69) is 4.98 Å². The molecule has 0 saturated heterocycles. The number of nitrogens with zero attached hydrogens (tertiary/aromatic N) is 1. The molecule has 0 aromatic carbocycles. The number of carboxylic acids is 1. The first-order chi connectivity index (χ1) is 7.88. The second-order valence-corrected chi connectivity index (χ2v) is 4.45. The van der Waals surface area contributed by atoms with Gasteiger partial charge >= 0.3 is 5.97 Å². The third-order valence-electron chi connectivity index (χ3n) is 1.99. The Kier molecular flexibility index (Phi) is 4.21. The summed E-state index contributed by atoms with van der Waals surface area (Å²) in [6, 6.07) is 3.16. The first-order valence-corrected chi connectivity index (χ1v) is 5.43. The predicted octanol–water partition coefficient (Wildman–Crippen LogP) is 3.63. The lowest BCUT2D eigenvalue weighted by atomic mass is 10.1. The minimum absolute atomic E-state index is 0.264. The summed E-state index contributed by atoms with van der Waals surface area (Å²) in [6.45, 7) is 7.82. The Hall–Kier alpha value is -1.90. The van der Waals surface area contributed by atoms with Gasteiger partial charge in [-0.25, -0.2) is 9.78 Å². The minimum Gasteiger partial charge on any atom is -0.478 e. The Morgan fingerprint density at radius 3 is 1.76 bits per heavy atom. The van der Waals surface area contributed by atoms with Crippen molar-refractivity contribution < 1.29 is 9.90 Å². The van der Waals surface area contributed by atoms with E-state index in [1.165, 1.54) is 0 Å². The Balaban J connectivity index is 3.33. The second-order valence-electron chi connectivity index (χ2n) is 4.45. The molecule has 1 aromatic rings. The fraction of sp³-hybridized carbons (Fsp3) is 0.286. The van der Waals surface area contributed by atoms with Crippen LogP contribution in [0.1, 0.15) is 49.4 Å². The monoisotopic (exact) mass is 231 g/mol. The maximum atomic E-state index is 11.0. The molecule has 0 bridgehead atoms. The molecule has 0 aliphatic carbocycles. The molecule has 3 nitrogen and oxygen atoms in total. The molecule has 0 atom stereocenters. The summed E-state index contributed by atoms with van der Waals surface area (Å²) in [5, 5.41) is 9.03. The van der Waals surface area contributed by atoms with E-state index in [1.54, 1.807) is 12.1 Å². The van der Waals surface area contributed by atoms with E-state index in [0.717, 1.165) is 11.1 Å². The second kappa shape index (κ2) is 5.43. The fourth-order valence-corrected chi connectivity index (χ4v) is 1.44. The molecule has 0 aliphatic rings. The molecule has 1 rings (SSSR count). The van der Waals surface area contributed by atoms with Gasteiger partial charge in [0.05, 0.1) is 17.0 Å². The standard InChI is InChI=1S/C14H17NO2/c1-9(2)5-12-7-11(14(16)17)8-13(15-12)6-10(3)4/h5-8H,1-4H3,(H,16,17). The van der Waals surface area contributed by atoms with Crippen molar-refractivity contribution in [2.24, 2.45) is 0 Å². The molecule has 0 saturated carbocycles. The van der Waals surface area contributed by atoms with Crippen LogP contribution in [-0.4, -0.2) is 16.1 Å². The molecule has 0 radical (unpaired) electrons. The molecular formula is C14H17NO2. The Morgan fingerprint density at radius 2 is 1.47 bits per heavy atom. The molecule has 1 N–H and O–H groups in total. The van der Waals surface area contributed by atoms with Crippen LogP contribution in [0.5, 0.6) is 0 Å². The van der Waals surface area contributed by atoms with Crippen molar-refractivity contribution in [1.29, 1.82) is 0 Å². The first kappa shape index (κ1) is 13.2. The maximum Gasteiger partial charge on any atom is 0.335 e. The van der Waals surface area contributed by atoms with E-state index in [9.17, 15) is 4.79 Å². The number of aromatic nitrogens is 1. The van der Waals surface area contributed by atoms with Crippen molar-refractivity contribution in [2.45, 2.75) is 27.7 Å². The van der Waals surface area contributed by atoms with Crippen LogP contribution in [0.25, 0.3) is 12.2 Å². The fourth-order valence-electron chi connectivity index (χ4n) is 1.44. The molecule has 0 aliphatic heterocycles. The third-order valence-corrected chi connectivity index (χ3v) is 1.99. The lowest BCUT2D eigenvalue weighted by Gasteiger charge is -2.02. The van der Waals surface area contributed by atoms with Gasteiger partial charge in [0.15, 0.2) is 0 Å². The highest BCUT2D eigenvalue weighted by Crippen LogP contribution is 2.12. The lowest BCUT2D eigenvalue weighted by Crippen LogP contribution is -1.99. The number of carbonyl (C=O) groups is 1. The van der Waals surface area contributed by atoms with Crippen molar-refractivity contribution in [2.75, 3.05) is 0 Å². The first-order valence-electron chi connectivity index (χ1n) is 5.43. The van der Waals surface area contributed by atoms with E-state index in [1.807, 2.05) is 39.8 Å². The van der Waals surface area contributed by atoms with Gasteiger partial charge in [0.2, 0.25) is 0 Å². The zero-order valence-electron chi connectivity index (χ0n) is 10.6. The van der Waals surface area contributed by atoms with E-state index in [-0.39, 0.29) is 5.56 Å². The number of aromatic carboxylic acids is 1. The van der Waals surface area contributed by atoms with Crippen LogP contribution in [0.15, 0.2) is 23.3 Å². The topological polar surface area (TPSA) is 50.2 Å². The number of pyridine rings is 1. The summed E-state index contributed by atoms with van der Waals surface area (Å²) in [5.74, 6) is -0.931.